The predicted molar refractivity (Wildman–Crippen MR) is 81.9 cm³/mol. The lowest BCUT2D eigenvalue weighted by atomic mass is 10.1. The minimum Gasteiger partial charge on any atom is -0.263 e. The van der Waals surface area contributed by atoms with Gasteiger partial charge in [-0.1, -0.05) is 0 Å². The first kappa shape index (κ1) is 15.0. The van der Waals surface area contributed by atoms with Gasteiger partial charge in [0, 0.05) is 12.6 Å². The van der Waals surface area contributed by atoms with Crippen molar-refractivity contribution in [3.63, 3.8) is 0 Å². The Morgan fingerprint density at radius 2 is 1.86 bits per heavy atom. The first-order chi connectivity index (χ1) is 10.3. The van der Waals surface area contributed by atoms with E-state index in [1.165, 1.54) is 12.1 Å². The number of nitrogens with one attached hydrogen (secondary N) is 1. The lowest BCUT2D eigenvalue weighted by molar-refractivity contribution is 0.594. The zero-order valence-electron chi connectivity index (χ0n) is 12.8. The molecule has 1 aromatic heterocycles. The van der Waals surface area contributed by atoms with Gasteiger partial charge in [-0.05, 0) is 56.4 Å². The molecule has 0 amide bonds. The van der Waals surface area contributed by atoms with E-state index in [-0.39, 0.29) is 10.7 Å². The Morgan fingerprint density at radius 3 is 2.50 bits per heavy atom. The number of hydrogen-bond acceptors (Lipinski definition) is 3. The Labute approximate surface area is 129 Å². The molecule has 0 fully saturated rings. The largest absolute Gasteiger partial charge is 0.263 e. The van der Waals surface area contributed by atoms with E-state index in [2.05, 4.69) is 9.82 Å². The van der Waals surface area contributed by atoms with Crippen LogP contribution in [0.25, 0.3) is 0 Å². The van der Waals surface area contributed by atoms with Gasteiger partial charge < -0.3 is 0 Å². The van der Waals surface area contributed by atoms with E-state index < -0.39 is 10.0 Å². The van der Waals surface area contributed by atoms with Gasteiger partial charge in [-0.2, -0.15) is 5.10 Å². The molecule has 5 nitrogen and oxygen atoms in total. The van der Waals surface area contributed by atoms with Crippen LogP contribution < -0.4 is 4.72 Å². The van der Waals surface area contributed by atoms with Crippen LogP contribution in [0.3, 0.4) is 0 Å². The van der Waals surface area contributed by atoms with Crippen LogP contribution in [0.15, 0.2) is 17.0 Å². The molecule has 118 valence electrons. The quantitative estimate of drug-likeness (QED) is 0.944. The molecule has 1 aliphatic carbocycles. The van der Waals surface area contributed by atoms with Gasteiger partial charge in [0.15, 0.2) is 0 Å². The number of aromatic nitrogens is 2. The molecule has 22 heavy (non-hydrogen) atoms. The third-order valence-electron chi connectivity index (χ3n) is 4.02. The molecule has 1 N–H and O–H groups in total. The van der Waals surface area contributed by atoms with Gasteiger partial charge in [0.25, 0.3) is 10.0 Å². The molecule has 0 atom stereocenters. The average molecular weight is 323 g/mol. The van der Waals surface area contributed by atoms with Crippen molar-refractivity contribution >= 4 is 15.8 Å². The molecule has 0 aliphatic heterocycles. The summed E-state index contributed by atoms with van der Waals surface area (Å²) < 4.78 is 43.0. The molecule has 0 saturated carbocycles. The molecule has 1 aliphatic rings. The average Bonchev–Trinajstić information content (AvgIpc) is 2.99. The highest BCUT2D eigenvalue weighted by molar-refractivity contribution is 7.92. The van der Waals surface area contributed by atoms with Crippen molar-refractivity contribution in [3.8, 4) is 0 Å². The lowest BCUT2D eigenvalue weighted by Crippen LogP contribution is -2.17. The lowest BCUT2D eigenvalue weighted by Gasteiger charge is -2.12. The molecule has 0 radical (unpaired) electrons. The number of rotatable bonds is 3. The third-order valence-corrected chi connectivity index (χ3v) is 5.34. The molecular formula is C15H18FN3O2S. The molecule has 0 spiro atoms. The molecule has 1 heterocycles. The first-order valence-corrected chi connectivity index (χ1v) is 8.62. The summed E-state index contributed by atoms with van der Waals surface area (Å²) in [5.74, 6) is 0.132. The van der Waals surface area contributed by atoms with E-state index in [0.29, 0.717) is 16.9 Å². The van der Waals surface area contributed by atoms with E-state index in [9.17, 15) is 12.8 Å². The normalized spacial score (nSPS) is 14.2. The molecule has 7 heteroatoms. The van der Waals surface area contributed by atoms with Crippen molar-refractivity contribution < 1.29 is 12.8 Å². The molecule has 1 aromatic carbocycles. The minimum atomic E-state index is -3.77. The number of anilines is 1. The fourth-order valence-electron chi connectivity index (χ4n) is 2.89. The van der Waals surface area contributed by atoms with Crippen molar-refractivity contribution in [1.82, 2.24) is 9.78 Å². The zero-order chi connectivity index (χ0) is 16.1. The van der Waals surface area contributed by atoms with Crippen LogP contribution in [0.1, 0.15) is 28.8 Å². The third kappa shape index (κ3) is 2.39. The van der Waals surface area contributed by atoms with Gasteiger partial charge in [-0.25, -0.2) is 12.8 Å². The zero-order valence-corrected chi connectivity index (χ0v) is 13.6. The Hall–Kier alpha value is -1.89. The molecule has 3 rings (SSSR count). The summed E-state index contributed by atoms with van der Waals surface area (Å²) in [5, 5.41) is 4.35. The smallest absolute Gasteiger partial charge is 0.263 e. The Balaban J connectivity index is 2.02. The Bertz CT molecular complexity index is 833. The van der Waals surface area contributed by atoms with Crippen LogP contribution in [0.4, 0.5) is 10.2 Å². The monoisotopic (exact) mass is 323 g/mol. The van der Waals surface area contributed by atoms with Gasteiger partial charge in [0.2, 0.25) is 0 Å². The number of hydrogen-bond donors (Lipinski definition) is 1. The van der Waals surface area contributed by atoms with Crippen molar-refractivity contribution in [2.75, 3.05) is 4.72 Å². The highest BCUT2D eigenvalue weighted by Crippen LogP contribution is 2.30. The number of sulfonamides is 1. The molecule has 0 saturated heterocycles. The number of fused-ring (bicyclic) bond motifs is 1. The van der Waals surface area contributed by atoms with E-state index in [4.69, 9.17) is 0 Å². The Morgan fingerprint density at radius 1 is 1.23 bits per heavy atom. The summed E-state index contributed by atoms with van der Waals surface area (Å²) in [7, 11) is -2.05. The maximum Gasteiger partial charge on any atom is 0.263 e. The van der Waals surface area contributed by atoms with Gasteiger partial charge in [0.05, 0.1) is 10.6 Å². The number of halogens is 1. The number of aryl methyl sites for hydroxylation is 4. The number of benzene rings is 1. The minimum absolute atomic E-state index is 0.0665. The Kier molecular flexibility index (Phi) is 3.47. The topological polar surface area (TPSA) is 64.0 Å². The standard InChI is InChI=1S/C15H18FN3O2S/c1-9-7-11(8-10(2)14(9)16)22(20,21)18-15-12-5-4-6-13(12)17-19(15)3/h7-8,18H,4-6H2,1-3H3. The maximum absolute atomic E-state index is 13.7. The van der Waals surface area contributed by atoms with Gasteiger partial charge in [0.1, 0.15) is 11.6 Å². The highest BCUT2D eigenvalue weighted by atomic mass is 32.2. The van der Waals surface area contributed by atoms with Crippen molar-refractivity contribution in [3.05, 3.63) is 40.3 Å². The van der Waals surface area contributed by atoms with Gasteiger partial charge in [-0.3, -0.25) is 9.40 Å². The second kappa shape index (κ2) is 5.08. The number of nitrogens with zero attached hydrogens (tertiary/aromatic N) is 2. The maximum atomic E-state index is 13.7. The van der Waals surface area contributed by atoms with Crippen molar-refractivity contribution in [2.24, 2.45) is 7.05 Å². The SMILES string of the molecule is Cc1cc(S(=O)(=O)Nc2c3c(nn2C)CCC3)cc(C)c1F. The van der Waals surface area contributed by atoms with E-state index in [0.717, 1.165) is 30.5 Å². The summed E-state index contributed by atoms with van der Waals surface area (Å²) in [5.41, 5.74) is 2.54. The van der Waals surface area contributed by atoms with Gasteiger partial charge in [-0.15, -0.1) is 0 Å². The highest BCUT2D eigenvalue weighted by Gasteiger charge is 2.25. The summed E-state index contributed by atoms with van der Waals surface area (Å²) in [6.07, 6.45) is 2.68. The second-order valence-electron chi connectivity index (χ2n) is 5.73. The summed E-state index contributed by atoms with van der Waals surface area (Å²) in [6.45, 7) is 3.12. The van der Waals surface area contributed by atoms with Crippen molar-refractivity contribution in [1.29, 1.82) is 0 Å². The first-order valence-electron chi connectivity index (χ1n) is 7.14. The van der Waals surface area contributed by atoms with E-state index >= 15 is 0 Å². The van der Waals surface area contributed by atoms with Crippen LogP contribution in [0.2, 0.25) is 0 Å². The summed E-state index contributed by atoms with van der Waals surface area (Å²) >= 11 is 0. The van der Waals surface area contributed by atoms with Crippen molar-refractivity contribution in [2.45, 2.75) is 38.0 Å². The van der Waals surface area contributed by atoms with E-state index in [1.807, 2.05) is 0 Å². The predicted octanol–water partition coefficient (Wildman–Crippen LogP) is 2.47. The van der Waals surface area contributed by atoms with Crippen LogP contribution in [0, 0.1) is 19.7 Å². The fraction of sp³-hybridized carbons (Fsp3) is 0.400. The van der Waals surface area contributed by atoms with Gasteiger partial charge >= 0.3 is 0 Å². The van der Waals surface area contributed by atoms with Crippen LogP contribution >= 0.6 is 0 Å². The van der Waals surface area contributed by atoms with Crippen LogP contribution in [-0.4, -0.2) is 18.2 Å². The fourth-order valence-corrected chi connectivity index (χ4v) is 4.19. The van der Waals surface area contributed by atoms with E-state index in [1.54, 1.807) is 25.6 Å². The second-order valence-corrected chi connectivity index (χ2v) is 7.41. The molecule has 0 bridgehead atoms. The summed E-state index contributed by atoms with van der Waals surface area (Å²) in [4.78, 5) is 0.0665. The summed E-state index contributed by atoms with van der Waals surface area (Å²) in [6, 6.07) is 2.70. The molecular weight excluding hydrogens is 305 g/mol. The molecule has 0 unspecified atom stereocenters. The molecule has 2 aromatic rings. The van der Waals surface area contributed by atoms with Crippen LogP contribution in [-0.2, 0) is 29.9 Å². The van der Waals surface area contributed by atoms with Crippen LogP contribution in [0.5, 0.6) is 0 Å².